The second kappa shape index (κ2) is 14.1. The SMILES string of the molecule is CC[C@H](C(=O)NC1CCCC1)N(Cc1ccc(Cl)c(Cl)c1)C(=O)CCCN(c1cc(Cl)ccc1C)S(C)(=O)=O. The highest BCUT2D eigenvalue weighted by Crippen LogP contribution is 2.28. The fourth-order valence-electron chi connectivity index (χ4n) is 4.96. The van der Waals surface area contributed by atoms with Crippen LogP contribution in [-0.4, -0.2) is 50.0 Å². The van der Waals surface area contributed by atoms with E-state index in [4.69, 9.17) is 34.8 Å². The smallest absolute Gasteiger partial charge is 0.243 e. The first-order chi connectivity index (χ1) is 18.4. The molecule has 0 saturated heterocycles. The second-order valence-corrected chi connectivity index (χ2v) is 13.2. The molecule has 1 fully saturated rings. The molecule has 0 heterocycles. The summed E-state index contributed by atoms with van der Waals surface area (Å²) in [6, 6.07) is 9.66. The molecule has 1 aliphatic carbocycles. The van der Waals surface area contributed by atoms with Gasteiger partial charge in [0, 0.05) is 30.6 Å². The van der Waals surface area contributed by atoms with Crippen LogP contribution in [0.3, 0.4) is 0 Å². The van der Waals surface area contributed by atoms with Crippen LogP contribution in [0.25, 0.3) is 0 Å². The van der Waals surface area contributed by atoms with Crippen LogP contribution in [-0.2, 0) is 26.2 Å². The summed E-state index contributed by atoms with van der Waals surface area (Å²) in [5.41, 5.74) is 1.98. The van der Waals surface area contributed by atoms with Crippen LogP contribution in [0.2, 0.25) is 15.1 Å². The molecule has 0 unspecified atom stereocenters. The van der Waals surface area contributed by atoms with Gasteiger partial charge in [0.05, 0.1) is 22.0 Å². The lowest BCUT2D eigenvalue weighted by Crippen LogP contribution is -2.51. The first-order valence-corrected chi connectivity index (χ1v) is 16.2. The van der Waals surface area contributed by atoms with Gasteiger partial charge in [-0.25, -0.2) is 8.42 Å². The van der Waals surface area contributed by atoms with Crippen LogP contribution in [0.4, 0.5) is 5.69 Å². The van der Waals surface area contributed by atoms with Crippen molar-refractivity contribution in [2.45, 2.75) is 77.4 Å². The molecule has 1 atom stereocenters. The lowest BCUT2D eigenvalue weighted by Gasteiger charge is -2.32. The molecule has 0 aliphatic heterocycles. The summed E-state index contributed by atoms with van der Waals surface area (Å²) in [7, 11) is -3.62. The number of anilines is 1. The van der Waals surface area contributed by atoms with E-state index in [9.17, 15) is 18.0 Å². The summed E-state index contributed by atoms with van der Waals surface area (Å²) in [4.78, 5) is 28.5. The fourth-order valence-corrected chi connectivity index (χ4v) is 6.46. The second-order valence-electron chi connectivity index (χ2n) is 10.1. The highest BCUT2D eigenvalue weighted by atomic mass is 35.5. The molecule has 0 radical (unpaired) electrons. The predicted octanol–water partition coefficient (Wildman–Crippen LogP) is 6.37. The van der Waals surface area contributed by atoms with Crippen molar-refractivity contribution in [1.29, 1.82) is 0 Å². The van der Waals surface area contributed by atoms with Crippen molar-refractivity contribution < 1.29 is 18.0 Å². The Morgan fingerprint density at radius 2 is 1.74 bits per heavy atom. The van der Waals surface area contributed by atoms with Crippen LogP contribution in [0.1, 0.15) is 63.0 Å². The van der Waals surface area contributed by atoms with Crippen molar-refractivity contribution >= 4 is 62.3 Å². The molecule has 2 amide bonds. The van der Waals surface area contributed by atoms with Gasteiger partial charge in [0.25, 0.3) is 0 Å². The Kier molecular flexibility index (Phi) is 11.4. The van der Waals surface area contributed by atoms with E-state index in [1.165, 1.54) is 4.31 Å². The number of sulfonamides is 1. The Morgan fingerprint density at radius 3 is 2.36 bits per heavy atom. The molecule has 0 bridgehead atoms. The van der Waals surface area contributed by atoms with Crippen LogP contribution in [0.15, 0.2) is 36.4 Å². The Hall–Kier alpha value is -2.00. The summed E-state index contributed by atoms with van der Waals surface area (Å²) >= 11 is 18.4. The van der Waals surface area contributed by atoms with Crippen LogP contribution < -0.4 is 9.62 Å². The molecule has 11 heteroatoms. The number of halogens is 3. The van der Waals surface area contributed by atoms with Gasteiger partial charge in [-0.05, 0) is 68.0 Å². The average Bonchev–Trinajstić information content (AvgIpc) is 3.37. The number of carbonyl (C=O) groups excluding carboxylic acids is 2. The Labute approximate surface area is 246 Å². The topological polar surface area (TPSA) is 86.8 Å². The van der Waals surface area contributed by atoms with Crippen molar-refractivity contribution in [2.24, 2.45) is 0 Å². The van der Waals surface area contributed by atoms with Crippen molar-refractivity contribution in [3.05, 3.63) is 62.6 Å². The maximum atomic E-state index is 13.6. The third kappa shape index (κ3) is 8.74. The average molecular weight is 617 g/mol. The zero-order chi connectivity index (χ0) is 28.7. The molecule has 1 saturated carbocycles. The Morgan fingerprint density at radius 1 is 1.05 bits per heavy atom. The summed E-state index contributed by atoms with van der Waals surface area (Å²) in [6.45, 7) is 3.96. The van der Waals surface area contributed by atoms with Crippen LogP contribution in [0.5, 0.6) is 0 Å². The van der Waals surface area contributed by atoms with Crippen LogP contribution in [0, 0.1) is 6.92 Å². The zero-order valence-electron chi connectivity index (χ0n) is 22.6. The molecule has 2 aromatic rings. The highest BCUT2D eigenvalue weighted by Gasteiger charge is 2.31. The molecular formula is C28H36Cl3N3O4S. The number of benzene rings is 2. The van der Waals surface area contributed by atoms with Crippen LogP contribution >= 0.6 is 34.8 Å². The first-order valence-electron chi connectivity index (χ1n) is 13.2. The highest BCUT2D eigenvalue weighted by molar-refractivity contribution is 7.92. The Bertz CT molecular complexity index is 1280. The number of carbonyl (C=O) groups is 2. The van der Waals surface area contributed by atoms with E-state index < -0.39 is 16.1 Å². The largest absolute Gasteiger partial charge is 0.352 e. The molecule has 214 valence electrons. The zero-order valence-corrected chi connectivity index (χ0v) is 25.6. The lowest BCUT2D eigenvalue weighted by atomic mass is 10.1. The van der Waals surface area contributed by atoms with Gasteiger partial charge in [-0.15, -0.1) is 0 Å². The quantitative estimate of drug-likeness (QED) is 0.300. The lowest BCUT2D eigenvalue weighted by molar-refractivity contribution is -0.141. The Balaban J connectivity index is 1.80. The first kappa shape index (κ1) is 31.5. The molecular weight excluding hydrogens is 581 g/mol. The molecule has 1 N–H and O–H groups in total. The fraction of sp³-hybridized carbons (Fsp3) is 0.500. The maximum Gasteiger partial charge on any atom is 0.243 e. The third-order valence-electron chi connectivity index (χ3n) is 7.02. The van der Waals surface area contributed by atoms with Gasteiger partial charge >= 0.3 is 0 Å². The van der Waals surface area contributed by atoms with E-state index >= 15 is 0 Å². The van der Waals surface area contributed by atoms with Crippen molar-refractivity contribution in [2.75, 3.05) is 17.1 Å². The molecule has 0 spiro atoms. The number of rotatable bonds is 12. The van der Waals surface area contributed by atoms with Gasteiger partial charge in [0.2, 0.25) is 21.8 Å². The van der Waals surface area contributed by atoms with Crippen molar-refractivity contribution in [1.82, 2.24) is 10.2 Å². The van der Waals surface area contributed by atoms with E-state index in [-0.39, 0.29) is 43.8 Å². The van der Waals surface area contributed by atoms with E-state index in [1.807, 2.05) is 13.8 Å². The van der Waals surface area contributed by atoms with Crippen molar-refractivity contribution in [3.63, 3.8) is 0 Å². The van der Waals surface area contributed by atoms with Gasteiger partial charge in [-0.1, -0.05) is 66.7 Å². The van der Waals surface area contributed by atoms with Gasteiger partial charge in [-0.3, -0.25) is 13.9 Å². The summed E-state index contributed by atoms with van der Waals surface area (Å²) in [5.74, 6) is -0.420. The summed E-state index contributed by atoms with van der Waals surface area (Å²) in [6.07, 6.45) is 5.92. The molecule has 39 heavy (non-hydrogen) atoms. The number of nitrogens with zero attached hydrogens (tertiary/aromatic N) is 2. The van der Waals surface area contributed by atoms with E-state index in [2.05, 4.69) is 5.32 Å². The molecule has 7 nitrogen and oxygen atoms in total. The van der Waals surface area contributed by atoms with Gasteiger partial charge < -0.3 is 10.2 Å². The van der Waals surface area contributed by atoms with Crippen molar-refractivity contribution in [3.8, 4) is 0 Å². The summed E-state index contributed by atoms with van der Waals surface area (Å²) in [5, 5.41) is 4.31. The number of hydrogen-bond acceptors (Lipinski definition) is 4. The number of nitrogens with one attached hydrogen (secondary N) is 1. The summed E-state index contributed by atoms with van der Waals surface area (Å²) < 4.78 is 26.5. The standard InChI is InChI=1S/C28H36Cl3N3O4S/c1-4-25(28(36)32-22-8-5-6-9-22)33(18-20-12-14-23(30)24(31)16-20)27(35)10-7-15-34(39(3,37)38)26-17-21(29)13-11-19(26)2/h11-14,16-17,22,25H,4-10,15,18H2,1-3H3,(H,32,36)/t25-/m1/s1. The normalized spacial score (nSPS) is 14.7. The molecule has 3 rings (SSSR count). The minimum absolute atomic E-state index is 0.0557. The molecule has 0 aromatic heterocycles. The van der Waals surface area contributed by atoms with Gasteiger partial charge in [0.15, 0.2) is 0 Å². The number of hydrogen-bond donors (Lipinski definition) is 1. The third-order valence-corrected chi connectivity index (χ3v) is 9.17. The molecule has 2 aromatic carbocycles. The maximum absolute atomic E-state index is 13.6. The number of aryl methyl sites for hydroxylation is 1. The monoisotopic (exact) mass is 615 g/mol. The predicted molar refractivity (Wildman–Crippen MR) is 159 cm³/mol. The van der Waals surface area contributed by atoms with Gasteiger partial charge in [-0.2, -0.15) is 0 Å². The molecule has 1 aliphatic rings. The van der Waals surface area contributed by atoms with Gasteiger partial charge in [0.1, 0.15) is 6.04 Å². The van der Waals surface area contributed by atoms with E-state index in [0.29, 0.717) is 27.2 Å². The minimum atomic E-state index is -3.62. The van der Waals surface area contributed by atoms with E-state index in [0.717, 1.165) is 43.1 Å². The minimum Gasteiger partial charge on any atom is -0.352 e. The number of amides is 2. The van der Waals surface area contributed by atoms with E-state index in [1.54, 1.807) is 41.3 Å².